The molecule has 0 aromatic heterocycles. The van der Waals surface area contributed by atoms with Gasteiger partial charge in [0, 0.05) is 0 Å². The number of hydrogen-bond acceptors (Lipinski definition) is 3. The molecule has 1 unspecified atom stereocenters. The summed E-state index contributed by atoms with van der Waals surface area (Å²) in [6, 6.07) is 0. The predicted molar refractivity (Wildman–Crippen MR) is 57.5 cm³/mol. The summed E-state index contributed by atoms with van der Waals surface area (Å²) in [5, 5.41) is 9.05. The summed E-state index contributed by atoms with van der Waals surface area (Å²) < 4.78 is 0. The minimum atomic E-state index is -1.25. The van der Waals surface area contributed by atoms with Crippen molar-refractivity contribution in [3.63, 3.8) is 0 Å². The lowest BCUT2D eigenvalue weighted by molar-refractivity contribution is -0.394. The minimum absolute atomic E-state index is 0.453. The summed E-state index contributed by atoms with van der Waals surface area (Å²) >= 11 is 0. The molecule has 0 aliphatic carbocycles. The summed E-state index contributed by atoms with van der Waals surface area (Å²) in [5.74, 6) is -0.986. The Hall–Kier alpha value is -0.610. The molecule has 0 aliphatic rings. The molecule has 0 bridgehead atoms. The summed E-state index contributed by atoms with van der Waals surface area (Å²) in [4.78, 5) is 21.2. The maximum absolute atomic E-state index is 11.0. The Balaban J connectivity index is 4.32. The van der Waals surface area contributed by atoms with E-state index >= 15 is 0 Å². The van der Waals surface area contributed by atoms with Crippen molar-refractivity contribution in [2.75, 3.05) is 0 Å². The largest absolute Gasteiger partial charge is 0.479 e. The molecular weight excluding hydrogens is 196 g/mol. The molecule has 15 heavy (non-hydrogen) atoms. The Kier molecular flexibility index (Phi) is 5.24. The van der Waals surface area contributed by atoms with Gasteiger partial charge in [-0.05, 0) is 34.1 Å². The van der Waals surface area contributed by atoms with E-state index in [0.29, 0.717) is 6.42 Å². The third kappa shape index (κ3) is 5.74. The molecule has 90 valence electrons. The lowest BCUT2D eigenvalue weighted by Gasteiger charge is -2.28. The first kappa shape index (κ1) is 14.4. The molecule has 0 aliphatic heterocycles. The number of hydrogen-bond donors (Lipinski definition) is 1. The highest BCUT2D eigenvalue weighted by atomic mass is 17.2. The zero-order valence-electron chi connectivity index (χ0n) is 10.3. The van der Waals surface area contributed by atoms with Gasteiger partial charge in [-0.2, -0.15) is 0 Å². The van der Waals surface area contributed by atoms with Gasteiger partial charge in [-0.1, -0.05) is 19.8 Å². The first-order valence-corrected chi connectivity index (χ1v) is 5.31. The topological polar surface area (TPSA) is 55.8 Å². The fourth-order valence-electron chi connectivity index (χ4n) is 0.915. The fraction of sp³-hybridized carbons (Fsp3) is 0.909. The lowest BCUT2D eigenvalue weighted by atomic mass is 10.00. The Bertz CT molecular complexity index is 207. The second kappa shape index (κ2) is 5.47. The molecule has 1 N–H and O–H groups in total. The van der Waals surface area contributed by atoms with Crippen molar-refractivity contribution >= 4 is 5.97 Å². The molecule has 0 rings (SSSR count). The van der Waals surface area contributed by atoms with Crippen LogP contribution in [0.1, 0.15) is 53.9 Å². The van der Waals surface area contributed by atoms with Crippen molar-refractivity contribution < 1.29 is 19.7 Å². The molecule has 0 radical (unpaired) electrons. The molecule has 0 fully saturated rings. The normalized spacial score (nSPS) is 16.1. The van der Waals surface area contributed by atoms with Crippen LogP contribution in [0, 0.1) is 0 Å². The predicted octanol–water partition coefficient (Wildman–Crippen LogP) is 2.77. The summed E-state index contributed by atoms with van der Waals surface area (Å²) in [6.45, 7) is 8.99. The standard InChI is InChI=1S/C11H22O4/c1-6-7-8-11(5,9(12)13)15-14-10(2,3)4/h6-8H2,1-5H3,(H,12,13). The van der Waals surface area contributed by atoms with Gasteiger partial charge >= 0.3 is 5.97 Å². The second-order valence-electron chi connectivity index (χ2n) is 4.92. The van der Waals surface area contributed by atoms with E-state index in [4.69, 9.17) is 14.9 Å². The van der Waals surface area contributed by atoms with Crippen LogP contribution in [-0.4, -0.2) is 22.3 Å². The monoisotopic (exact) mass is 218 g/mol. The van der Waals surface area contributed by atoms with Crippen molar-refractivity contribution in [3.05, 3.63) is 0 Å². The van der Waals surface area contributed by atoms with Crippen LogP contribution in [0.4, 0.5) is 0 Å². The first-order valence-electron chi connectivity index (χ1n) is 5.31. The highest BCUT2D eigenvalue weighted by Gasteiger charge is 2.36. The van der Waals surface area contributed by atoms with E-state index < -0.39 is 17.2 Å². The number of aliphatic carboxylic acids is 1. The van der Waals surface area contributed by atoms with E-state index in [1.54, 1.807) is 0 Å². The van der Waals surface area contributed by atoms with Crippen LogP contribution in [-0.2, 0) is 14.6 Å². The van der Waals surface area contributed by atoms with Gasteiger partial charge in [-0.25, -0.2) is 14.6 Å². The fourth-order valence-corrected chi connectivity index (χ4v) is 0.915. The maximum Gasteiger partial charge on any atom is 0.339 e. The van der Waals surface area contributed by atoms with E-state index in [1.807, 2.05) is 27.7 Å². The Labute approximate surface area is 91.5 Å². The van der Waals surface area contributed by atoms with Crippen LogP contribution < -0.4 is 0 Å². The molecule has 0 heterocycles. The minimum Gasteiger partial charge on any atom is -0.479 e. The van der Waals surface area contributed by atoms with Gasteiger partial charge in [0.25, 0.3) is 0 Å². The van der Waals surface area contributed by atoms with E-state index in [9.17, 15) is 4.79 Å². The summed E-state index contributed by atoms with van der Waals surface area (Å²) in [7, 11) is 0. The van der Waals surface area contributed by atoms with Gasteiger partial charge in [0.05, 0.1) is 5.60 Å². The number of carbonyl (C=O) groups is 1. The van der Waals surface area contributed by atoms with E-state index in [-0.39, 0.29) is 0 Å². The Morgan fingerprint density at radius 3 is 2.07 bits per heavy atom. The van der Waals surface area contributed by atoms with Crippen molar-refractivity contribution in [2.24, 2.45) is 0 Å². The number of unbranched alkanes of at least 4 members (excludes halogenated alkanes) is 1. The van der Waals surface area contributed by atoms with Gasteiger partial charge in [-0.15, -0.1) is 0 Å². The van der Waals surface area contributed by atoms with Crippen LogP contribution in [0.25, 0.3) is 0 Å². The molecule has 0 aromatic carbocycles. The lowest BCUT2D eigenvalue weighted by Crippen LogP contribution is -2.40. The molecule has 0 aromatic rings. The van der Waals surface area contributed by atoms with Crippen molar-refractivity contribution in [1.82, 2.24) is 0 Å². The molecule has 0 amide bonds. The highest BCUT2D eigenvalue weighted by molar-refractivity contribution is 5.76. The highest BCUT2D eigenvalue weighted by Crippen LogP contribution is 2.22. The summed E-state index contributed by atoms with van der Waals surface area (Å²) in [6.07, 6.45) is 2.19. The number of carboxylic acids is 1. The molecule has 4 nitrogen and oxygen atoms in total. The van der Waals surface area contributed by atoms with Crippen LogP contribution in [0.5, 0.6) is 0 Å². The average molecular weight is 218 g/mol. The van der Waals surface area contributed by atoms with Crippen LogP contribution >= 0.6 is 0 Å². The molecule has 0 saturated carbocycles. The van der Waals surface area contributed by atoms with E-state index in [0.717, 1.165) is 12.8 Å². The smallest absolute Gasteiger partial charge is 0.339 e. The van der Waals surface area contributed by atoms with Gasteiger partial charge in [-0.3, -0.25) is 0 Å². The molecule has 1 atom stereocenters. The van der Waals surface area contributed by atoms with Crippen molar-refractivity contribution in [3.8, 4) is 0 Å². The zero-order chi connectivity index (χ0) is 12.1. The van der Waals surface area contributed by atoms with Crippen LogP contribution in [0.2, 0.25) is 0 Å². The number of rotatable bonds is 6. The van der Waals surface area contributed by atoms with Crippen molar-refractivity contribution in [2.45, 2.75) is 65.1 Å². The van der Waals surface area contributed by atoms with Crippen LogP contribution in [0.3, 0.4) is 0 Å². The third-order valence-corrected chi connectivity index (χ3v) is 1.94. The Morgan fingerprint density at radius 2 is 1.73 bits per heavy atom. The molecular formula is C11H22O4. The zero-order valence-corrected chi connectivity index (χ0v) is 10.3. The first-order chi connectivity index (χ1) is 6.71. The molecule has 0 spiro atoms. The maximum atomic E-state index is 11.0. The molecule has 0 saturated heterocycles. The van der Waals surface area contributed by atoms with Crippen LogP contribution in [0.15, 0.2) is 0 Å². The quantitative estimate of drug-likeness (QED) is 0.550. The average Bonchev–Trinajstić information content (AvgIpc) is 2.10. The van der Waals surface area contributed by atoms with Gasteiger partial charge in [0.2, 0.25) is 0 Å². The summed E-state index contributed by atoms with van der Waals surface area (Å²) in [5.41, 5.74) is -1.74. The Morgan fingerprint density at radius 1 is 1.20 bits per heavy atom. The SMILES string of the molecule is CCCCC(C)(OOC(C)(C)C)C(=O)O. The van der Waals surface area contributed by atoms with Gasteiger partial charge in [0.15, 0.2) is 5.60 Å². The number of carboxylic acid groups (broad SMARTS) is 1. The van der Waals surface area contributed by atoms with E-state index in [2.05, 4.69) is 0 Å². The van der Waals surface area contributed by atoms with E-state index in [1.165, 1.54) is 6.92 Å². The second-order valence-corrected chi connectivity index (χ2v) is 4.92. The van der Waals surface area contributed by atoms with Crippen molar-refractivity contribution in [1.29, 1.82) is 0 Å². The third-order valence-electron chi connectivity index (χ3n) is 1.94. The van der Waals surface area contributed by atoms with Gasteiger partial charge < -0.3 is 5.11 Å². The molecule has 4 heteroatoms. The van der Waals surface area contributed by atoms with Gasteiger partial charge in [0.1, 0.15) is 0 Å².